The second kappa shape index (κ2) is 5.18. The van der Waals surface area contributed by atoms with Gasteiger partial charge in [0.25, 0.3) is 5.56 Å². The second-order valence-electron chi connectivity index (χ2n) is 4.49. The molecule has 1 aromatic rings. The molecule has 1 aromatic heterocycles. The van der Waals surface area contributed by atoms with Crippen LogP contribution in [0.3, 0.4) is 0 Å². The Morgan fingerprint density at radius 1 is 1.52 bits per heavy atom. The highest BCUT2D eigenvalue weighted by molar-refractivity contribution is 7.71. The number of H-pyrrole nitrogens is 1. The third-order valence-corrected chi connectivity index (χ3v) is 3.53. The molecule has 0 aromatic carbocycles. The van der Waals surface area contributed by atoms with Gasteiger partial charge in [-0.05, 0) is 12.2 Å². The highest BCUT2D eigenvalue weighted by Crippen LogP contribution is 2.48. The molecule has 1 aliphatic rings. The van der Waals surface area contributed by atoms with E-state index in [0.29, 0.717) is 4.57 Å². The first-order valence-electron chi connectivity index (χ1n) is 5.68. The molecule has 1 unspecified atom stereocenters. The number of halogens is 3. The van der Waals surface area contributed by atoms with Crippen LogP contribution in [-0.2, 0) is 4.74 Å². The van der Waals surface area contributed by atoms with Crippen molar-refractivity contribution in [2.24, 2.45) is 0 Å². The number of aliphatic hydroxyl groups is 3. The number of ether oxygens (including phenoxy) is 1. The van der Waals surface area contributed by atoms with Crippen LogP contribution in [0.5, 0.6) is 0 Å². The molecule has 1 saturated heterocycles. The van der Waals surface area contributed by atoms with E-state index in [1.807, 2.05) is 0 Å². The molecular weight excluding hydrogens is 317 g/mol. The van der Waals surface area contributed by atoms with Crippen molar-refractivity contribution in [1.82, 2.24) is 9.55 Å². The highest BCUT2D eigenvalue weighted by Gasteiger charge is 2.70. The Kier molecular flexibility index (Phi) is 3.97. The van der Waals surface area contributed by atoms with Crippen molar-refractivity contribution in [3.63, 3.8) is 0 Å². The molecule has 2 heterocycles. The number of aliphatic hydroxyl groups excluding tert-OH is 2. The number of hydrogen-bond donors (Lipinski definition) is 4. The van der Waals surface area contributed by atoms with Crippen LogP contribution in [0.1, 0.15) is 6.23 Å². The standard InChI is InChI=1S/C10H11F3N2O5S/c11-10(12,13)9(19)6(18)4(3-16)20-7(9)15-2-1-5(17)14-8(15)21/h1-2,4,6-7,16,18-19H,3H2,(H,14,17,21)/t4-,6?,7-,9-/m1/s1. The van der Waals surface area contributed by atoms with E-state index in [0.717, 1.165) is 12.3 Å². The number of aromatic amines is 1. The topological polar surface area (TPSA) is 108 Å². The lowest BCUT2D eigenvalue weighted by molar-refractivity contribution is -0.304. The van der Waals surface area contributed by atoms with Gasteiger partial charge in [0.05, 0.1) is 6.61 Å². The molecule has 0 saturated carbocycles. The third kappa shape index (κ3) is 2.40. The lowest BCUT2D eigenvalue weighted by Crippen LogP contribution is -2.57. The van der Waals surface area contributed by atoms with Crippen LogP contribution >= 0.6 is 12.2 Å². The molecular formula is C10H11F3N2O5S. The summed E-state index contributed by atoms with van der Waals surface area (Å²) in [5.41, 5.74) is -4.33. The zero-order chi connectivity index (χ0) is 16.0. The molecule has 1 aliphatic heterocycles. The maximum absolute atomic E-state index is 13.2. The first-order chi connectivity index (χ1) is 9.62. The highest BCUT2D eigenvalue weighted by atomic mass is 32.1. The van der Waals surface area contributed by atoms with Gasteiger partial charge in [-0.2, -0.15) is 13.2 Å². The lowest BCUT2D eigenvalue weighted by atomic mass is 9.93. The maximum Gasteiger partial charge on any atom is 0.424 e. The lowest BCUT2D eigenvalue weighted by Gasteiger charge is -2.33. The van der Waals surface area contributed by atoms with Gasteiger partial charge in [0.1, 0.15) is 12.2 Å². The van der Waals surface area contributed by atoms with E-state index in [9.17, 15) is 28.2 Å². The van der Waals surface area contributed by atoms with Crippen LogP contribution in [0, 0.1) is 4.77 Å². The predicted molar refractivity (Wildman–Crippen MR) is 63.9 cm³/mol. The second-order valence-corrected chi connectivity index (χ2v) is 4.88. The molecule has 0 amide bonds. The largest absolute Gasteiger partial charge is 0.424 e. The molecule has 4 atom stereocenters. The minimum atomic E-state index is -5.26. The van der Waals surface area contributed by atoms with Gasteiger partial charge in [-0.3, -0.25) is 14.3 Å². The van der Waals surface area contributed by atoms with E-state index in [4.69, 9.17) is 22.1 Å². The van der Waals surface area contributed by atoms with Gasteiger partial charge in [0.15, 0.2) is 11.0 Å². The van der Waals surface area contributed by atoms with Gasteiger partial charge in [-0.15, -0.1) is 0 Å². The molecule has 0 aliphatic carbocycles. The Balaban J connectivity index is 2.60. The van der Waals surface area contributed by atoms with Crippen molar-refractivity contribution in [1.29, 1.82) is 0 Å². The normalized spacial score (nSPS) is 33.3. The van der Waals surface area contributed by atoms with Crippen molar-refractivity contribution < 1.29 is 33.2 Å². The first kappa shape index (κ1) is 16.1. The van der Waals surface area contributed by atoms with E-state index >= 15 is 0 Å². The Hall–Kier alpha value is -1.27. The predicted octanol–water partition coefficient (Wildman–Crippen LogP) is -0.550. The molecule has 0 radical (unpaired) electrons. The number of aromatic nitrogens is 2. The minimum absolute atomic E-state index is 0.430. The van der Waals surface area contributed by atoms with E-state index in [1.165, 1.54) is 0 Å². The summed E-state index contributed by atoms with van der Waals surface area (Å²) in [6.45, 7) is -0.938. The molecule has 118 valence electrons. The van der Waals surface area contributed by atoms with E-state index in [1.54, 1.807) is 0 Å². The summed E-state index contributed by atoms with van der Waals surface area (Å²) in [5.74, 6) is 0. The number of rotatable bonds is 2. The number of nitrogens with zero attached hydrogens (tertiary/aromatic N) is 1. The smallest absolute Gasteiger partial charge is 0.394 e. The molecule has 1 fully saturated rings. The van der Waals surface area contributed by atoms with Crippen LogP contribution in [-0.4, -0.2) is 55.5 Å². The average molecular weight is 328 g/mol. The summed E-state index contributed by atoms with van der Waals surface area (Å²) in [6, 6.07) is 0.884. The molecule has 21 heavy (non-hydrogen) atoms. The van der Waals surface area contributed by atoms with E-state index < -0.39 is 47.2 Å². The van der Waals surface area contributed by atoms with E-state index in [-0.39, 0.29) is 0 Å². The summed E-state index contributed by atoms with van der Waals surface area (Å²) in [6.07, 6.45) is -10.6. The number of alkyl halides is 3. The summed E-state index contributed by atoms with van der Waals surface area (Å²) in [5, 5.41) is 28.5. The van der Waals surface area contributed by atoms with Crippen molar-refractivity contribution in [3.8, 4) is 0 Å². The Morgan fingerprint density at radius 2 is 2.14 bits per heavy atom. The number of nitrogens with one attached hydrogen (secondary N) is 1. The van der Waals surface area contributed by atoms with Crippen LogP contribution in [0.4, 0.5) is 13.2 Å². The number of hydrogen-bond acceptors (Lipinski definition) is 6. The van der Waals surface area contributed by atoms with Crippen molar-refractivity contribution in [2.45, 2.75) is 30.2 Å². The van der Waals surface area contributed by atoms with Gasteiger partial charge < -0.3 is 20.1 Å². The fourth-order valence-corrected chi connectivity index (χ4v) is 2.37. The summed E-state index contributed by atoms with van der Waals surface area (Å²) in [4.78, 5) is 13.1. The van der Waals surface area contributed by atoms with Crippen molar-refractivity contribution >= 4 is 12.2 Å². The fraction of sp³-hybridized carbons (Fsp3) is 0.600. The van der Waals surface area contributed by atoms with Crippen LogP contribution in [0.2, 0.25) is 0 Å². The Bertz CT molecular complexity index is 645. The zero-order valence-corrected chi connectivity index (χ0v) is 11.1. The van der Waals surface area contributed by atoms with Crippen LogP contribution in [0.15, 0.2) is 17.1 Å². The van der Waals surface area contributed by atoms with Gasteiger partial charge >= 0.3 is 6.18 Å². The molecule has 0 bridgehead atoms. The fourth-order valence-electron chi connectivity index (χ4n) is 2.11. The quantitative estimate of drug-likeness (QED) is 0.543. The summed E-state index contributed by atoms with van der Waals surface area (Å²) >= 11 is 4.72. The SMILES string of the molecule is O=c1ccn([C@@H]2O[C@H](CO)C(O)[C@]2(O)C(F)(F)F)c(=S)[nH]1. The van der Waals surface area contributed by atoms with Crippen molar-refractivity contribution in [3.05, 3.63) is 27.4 Å². The molecule has 11 heteroatoms. The first-order valence-corrected chi connectivity index (χ1v) is 6.08. The van der Waals surface area contributed by atoms with Crippen molar-refractivity contribution in [2.75, 3.05) is 6.61 Å². The molecule has 2 rings (SSSR count). The zero-order valence-electron chi connectivity index (χ0n) is 10.2. The summed E-state index contributed by atoms with van der Waals surface area (Å²) < 4.78 is 44.6. The molecule has 4 N–H and O–H groups in total. The third-order valence-electron chi connectivity index (χ3n) is 3.22. The van der Waals surface area contributed by atoms with Gasteiger partial charge in [-0.25, -0.2) is 0 Å². The maximum atomic E-state index is 13.2. The monoisotopic (exact) mass is 328 g/mol. The Labute approximate surface area is 120 Å². The van der Waals surface area contributed by atoms with E-state index in [2.05, 4.69) is 4.98 Å². The summed E-state index contributed by atoms with van der Waals surface area (Å²) in [7, 11) is 0. The van der Waals surface area contributed by atoms with Gasteiger partial charge in [0, 0.05) is 12.3 Å². The van der Waals surface area contributed by atoms with Gasteiger partial charge in [0.2, 0.25) is 5.60 Å². The minimum Gasteiger partial charge on any atom is -0.394 e. The van der Waals surface area contributed by atoms with Crippen LogP contribution < -0.4 is 5.56 Å². The average Bonchev–Trinajstić information content (AvgIpc) is 2.63. The van der Waals surface area contributed by atoms with Gasteiger partial charge in [-0.1, -0.05) is 0 Å². The molecule has 7 nitrogen and oxygen atoms in total. The Morgan fingerprint density at radius 3 is 2.62 bits per heavy atom. The molecule has 0 spiro atoms. The van der Waals surface area contributed by atoms with Crippen LogP contribution in [0.25, 0.3) is 0 Å².